The van der Waals surface area contributed by atoms with E-state index in [1.54, 1.807) is 6.08 Å². The van der Waals surface area contributed by atoms with Gasteiger partial charge in [0.25, 0.3) is 0 Å². The lowest BCUT2D eigenvalue weighted by atomic mass is 10.1. The van der Waals surface area contributed by atoms with Crippen LogP contribution in [0, 0.1) is 5.92 Å². The Morgan fingerprint density at radius 2 is 1.91 bits per heavy atom. The molecule has 0 unspecified atom stereocenters. The normalized spacial score (nSPS) is 12.5. The van der Waals surface area contributed by atoms with Crippen LogP contribution in [0.25, 0.3) is 0 Å². The minimum Gasteiger partial charge on any atom is -0.457 e. The lowest BCUT2D eigenvalue weighted by Crippen LogP contribution is -2.20. The molecular weight excluding hydrogens is 274 g/mol. The number of aliphatic hydroxyl groups excluding tert-OH is 1. The first-order valence-corrected chi connectivity index (χ1v) is 7.58. The van der Waals surface area contributed by atoms with Crippen LogP contribution >= 0.6 is 0 Å². The van der Waals surface area contributed by atoms with Gasteiger partial charge in [0.15, 0.2) is 0 Å². The topological polar surface area (TPSA) is 32.7 Å². The van der Waals surface area contributed by atoms with Crippen molar-refractivity contribution in [2.24, 2.45) is 5.92 Å². The summed E-state index contributed by atoms with van der Waals surface area (Å²) in [4.78, 5) is 1.99. The Morgan fingerprint density at radius 3 is 2.41 bits per heavy atom. The molecule has 3 heteroatoms. The highest BCUT2D eigenvalue weighted by atomic mass is 16.5. The molecule has 0 aliphatic carbocycles. The van der Waals surface area contributed by atoms with E-state index in [1.165, 1.54) is 5.57 Å². The molecule has 1 aromatic carbocycles. The van der Waals surface area contributed by atoms with Crippen LogP contribution in [0.15, 0.2) is 60.4 Å². The Balaban J connectivity index is 2.78. The molecule has 1 N–H and O–H groups in total. The highest BCUT2D eigenvalue weighted by molar-refractivity contribution is 5.48. The summed E-state index contributed by atoms with van der Waals surface area (Å²) in [7, 11) is 1.95. The molecule has 0 fully saturated rings. The molecule has 0 bridgehead atoms. The van der Waals surface area contributed by atoms with Crippen molar-refractivity contribution in [2.75, 3.05) is 25.1 Å². The van der Waals surface area contributed by atoms with Gasteiger partial charge < -0.3 is 14.7 Å². The van der Waals surface area contributed by atoms with Gasteiger partial charge in [0.1, 0.15) is 11.5 Å². The smallest absolute Gasteiger partial charge is 0.127 e. The number of aliphatic hydroxyl groups is 1. The fourth-order valence-electron chi connectivity index (χ4n) is 1.73. The van der Waals surface area contributed by atoms with Crippen LogP contribution in [0.2, 0.25) is 0 Å². The fraction of sp³-hybridized carbons (Fsp3) is 0.368. The van der Waals surface area contributed by atoms with E-state index in [0.29, 0.717) is 12.5 Å². The molecule has 3 nitrogen and oxygen atoms in total. The van der Waals surface area contributed by atoms with Crippen LogP contribution in [0.1, 0.15) is 20.8 Å². The molecule has 0 amide bonds. The molecule has 0 aliphatic heterocycles. The van der Waals surface area contributed by atoms with Gasteiger partial charge in [-0.1, -0.05) is 32.1 Å². The summed E-state index contributed by atoms with van der Waals surface area (Å²) in [5.74, 6) is 2.00. The number of nitrogens with zero attached hydrogens (tertiary/aromatic N) is 1. The molecule has 0 heterocycles. The van der Waals surface area contributed by atoms with E-state index >= 15 is 0 Å². The maximum atomic E-state index is 8.96. The van der Waals surface area contributed by atoms with E-state index in [-0.39, 0.29) is 6.61 Å². The third-order valence-electron chi connectivity index (χ3n) is 3.57. The van der Waals surface area contributed by atoms with Gasteiger partial charge in [0.2, 0.25) is 0 Å². The highest BCUT2D eigenvalue weighted by Gasteiger charge is 2.02. The number of rotatable bonds is 8. The van der Waals surface area contributed by atoms with E-state index in [2.05, 4.69) is 33.4 Å². The van der Waals surface area contributed by atoms with Crippen LogP contribution in [0.5, 0.6) is 5.75 Å². The SMILES string of the molecule is C=C/C(=C\C=C(/C)C(C)C)Oc1ccc(N(C)CCO)cc1. The lowest BCUT2D eigenvalue weighted by molar-refractivity contribution is 0.304. The van der Waals surface area contributed by atoms with Gasteiger partial charge in [-0.15, -0.1) is 0 Å². The van der Waals surface area contributed by atoms with Gasteiger partial charge in [-0.05, 0) is 49.3 Å². The molecule has 1 rings (SSSR count). The molecule has 0 aromatic heterocycles. The van der Waals surface area contributed by atoms with Crippen molar-refractivity contribution in [1.82, 2.24) is 0 Å². The van der Waals surface area contributed by atoms with Gasteiger partial charge in [-0.3, -0.25) is 0 Å². The molecule has 0 radical (unpaired) electrons. The quantitative estimate of drug-likeness (QED) is 0.578. The molecule has 0 saturated carbocycles. The van der Waals surface area contributed by atoms with Gasteiger partial charge >= 0.3 is 0 Å². The van der Waals surface area contributed by atoms with Crippen LogP contribution < -0.4 is 9.64 Å². The standard InChI is InChI=1S/C19H27NO2/c1-6-18(10-7-16(4)15(2)3)22-19-11-8-17(9-12-19)20(5)13-14-21/h6-12,15,21H,1,13-14H2,2-5H3/b16-7+,18-10+. The lowest BCUT2D eigenvalue weighted by Gasteiger charge is -2.18. The number of anilines is 1. The van der Waals surface area contributed by atoms with E-state index in [9.17, 15) is 0 Å². The summed E-state index contributed by atoms with van der Waals surface area (Å²) in [5.41, 5.74) is 2.34. The third-order valence-corrected chi connectivity index (χ3v) is 3.57. The van der Waals surface area contributed by atoms with Crippen LogP contribution in [-0.2, 0) is 0 Å². The van der Waals surface area contributed by atoms with Crippen molar-refractivity contribution in [2.45, 2.75) is 20.8 Å². The summed E-state index contributed by atoms with van der Waals surface area (Å²) in [6.45, 7) is 11.0. The second-order valence-electron chi connectivity index (χ2n) is 5.58. The summed E-state index contributed by atoms with van der Waals surface area (Å²) in [6.07, 6.45) is 5.70. The molecular formula is C19H27NO2. The van der Waals surface area contributed by atoms with Crippen molar-refractivity contribution < 1.29 is 9.84 Å². The minimum atomic E-state index is 0.139. The number of likely N-dealkylation sites (N-methyl/N-ethyl adjacent to an activating group) is 1. The summed E-state index contributed by atoms with van der Waals surface area (Å²) in [5, 5.41) is 8.96. The van der Waals surface area contributed by atoms with Gasteiger partial charge in [-0.2, -0.15) is 0 Å². The van der Waals surface area contributed by atoms with E-state index in [4.69, 9.17) is 9.84 Å². The largest absolute Gasteiger partial charge is 0.457 e. The van der Waals surface area contributed by atoms with Crippen molar-refractivity contribution in [1.29, 1.82) is 0 Å². The third kappa shape index (κ3) is 5.78. The van der Waals surface area contributed by atoms with E-state index in [0.717, 1.165) is 17.2 Å². The molecule has 120 valence electrons. The average molecular weight is 301 g/mol. The van der Waals surface area contributed by atoms with Crippen LogP contribution in [-0.4, -0.2) is 25.3 Å². The molecule has 0 spiro atoms. The zero-order valence-corrected chi connectivity index (χ0v) is 14.0. The number of benzene rings is 1. The molecule has 0 aliphatic rings. The number of hydrogen-bond acceptors (Lipinski definition) is 3. The molecule has 0 atom stereocenters. The average Bonchev–Trinajstić information content (AvgIpc) is 2.51. The first kappa shape index (κ1) is 18.1. The number of hydrogen-bond donors (Lipinski definition) is 1. The van der Waals surface area contributed by atoms with Gasteiger partial charge in [0, 0.05) is 19.3 Å². The summed E-state index contributed by atoms with van der Waals surface area (Å²) < 4.78 is 5.82. The van der Waals surface area contributed by atoms with Crippen LogP contribution in [0.3, 0.4) is 0 Å². The Kier molecular flexibility index (Phi) is 7.47. The maximum absolute atomic E-state index is 8.96. The Bertz CT molecular complexity index is 527. The Morgan fingerprint density at radius 1 is 1.27 bits per heavy atom. The maximum Gasteiger partial charge on any atom is 0.127 e. The minimum absolute atomic E-state index is 0.139. The number of allylic oxidation sites excluding steroid dienone is 4. The number of ether oxygens (including phenoxy) is 1. The second kappa shape index (κ2) is 9.11. The van der Waals surface area contributed by atoms with Crippen molar-refractivity contribution in [3.8, 4) is 5.75 Å². The first-order valence-electron chi connectivity index (χ1n) is 7.58. The Labute approximate surface area is 134 Å². The summed E-state index contributed by atoms with van der Waals surface area (Å²) >= 11 is 0. The Hall–Kier alpha value is -2.00. The molecule has 1 aromatic rings. The zero-order valence-electron chi connectivity index (χ0n) is 14.0. The van der Waals surface area contributed by atoms with E-state index in [1.807, 2.05) is 42.3 Å². The van der Waals surface area contributed by atoms with Gasteiger partial charge in [-0.25, -0.2) is 0 Å². The van der Waals surface area contributed by atoms with Crippen molar-refractivity contribution >= 4 is 5.69 Å². The van der Waals surface area contributed by atoms with Crippen molar-refractivity contribution in [3.05, 3.63) is 60.4 Å². The predicted octanol–water partition coefficient (Wildman–Crippen LogP) is 4.17. The fourth-order valence-corrected chi connectivity index (χ4v) is 1.73. The monoisotopic (exact) mass is 301 g/mol. The zero-order chi connectivity index (χ0) is 16.5. The van der Waals surface area contributed by atoms with E-state index < -0.39 is 0 Å². The second-order valence-corrected chi connectivity index (χ2v) is 5.58. The van der Waals surface area contributed by atoms with Crippen molar-refractivity contribution in [3.63, 3.8) is 0 Å². The first-order chi connectivity index (χ1) is 10.5. The molecule has 0 saturated heterocycles. The highest BCUT2D eigenvalue weighted by Crippen LogP contribution is 2.20. The predicted molar refractivity (Wildman–Crippen MR) is 94.3 cm³/mol. The van der Waals surface area contributed by atoms with Gasteiger partial charge in [0.05, 0.1) is 6.61 Å². The molecule has 22 heavy (non-hydrogen) atoms. The van der Waals surface area contributed by atoms with Crippen LogP contribution in [0.4, 0.5) is 5.69 Å². The summed E-state index contributed by atoms with van der Waals surface area (Å²) in [6, 6.07) is 7.78.